The Kier molecular flexibility index (Phi) is 6.98. The van der Waals surface area contributed by atoms with Crippen LogP contribution in [0, 0.1) is 0 Å². The van der Waals surface area contributed by atoms with Gasteiger partial charge in [-0.15, -0.1) is 0 Å². The fourth-order valence-corrected chi connectivity index (χ4v) is 3.23. The van der Waals surface area contributed by atoms with E-state index < -0.39 is 35.1 Å². The largest absolute Gasteiger partial charge is 0.465 e. The lowest BCUT2D eigenvalue weighted by Gasteiger charge is -2.21. The van der Waals surface area contributed by atoms with Gasteiger partial charge in [0.05, 0.1) is 18.9 Å². The predicted octanol–water partition coefficient (Wildman–Crippen LogP) is 0.386. The second-order valence-electron chi connectivity index (χ2n) is 4.42. The van der Waals surface area contributed by atoms with Gasteiger partial charge in [-0.3, -0.25) is 9.59 Å². The maximum absolute atomic E-state index is 12.7. The second kappa shape index (κ2) is 8.49. The molecule has 8 nitrogen and oxygen atoms in total. The van der Waals surface area contributed by atoms with Crippen LogP contribution in [-0.2, 0) is 29.1 Å². The van der Waals surface area contributed by atoms with Gasteiger partial charge in [0.25, 0.3) is 0 Å². The third kappa shape index (κ3) is 5.22. The van der Waals surface area contributed by atoms with Crippen LogP contribution in [0.1, 0.15) is 13.8 Å². The number of ether oxygens (including phenoxy) is 2. The maximum atomic E-state index is 12.7. The lowest BCUT2D eigenvalue weighted by atomic mass is 10.3. The smallest absolute Gasteiger partial charge is 0.321 e. The molecule has 0 aliphatic heterocycles. The van der Waals surface area contributed by atoms with E-state index in [1.165, 1.54) is 18.2 Å². The monoisotopic (exact) mass is 344 g/mol. The molecule has 0 aliphatic rings. The summed E-state index contributed by atoms with van der Waals surface area (Å²) in [6.45, 7) is 2.17. The Morgan fingerprint density at radius 2 is 1.52 bits per heavy atom. The maximum Gasteiger partial charge on any atom is 0.321 e. The minimum atomic E-state index is -4.15. The summed E-state index contributed by atoms with van der Waals surface area (Å²) in [6.07, 6.45) is 0. The number of nitrogen functional groups attached to an aromatic ring is 1. The summed E-state index contributed by atoms with van der Waals surface area (Å²) in [4.78, 5) is 23.1. The van der Waals surface area contributed by atoms with Crippen LogP contribution in [0.15, 0.2) is 29.2 Å². The molecule has 0 atom stereocenters. The molecule has 0 amide bonds. The quantitative estimate of drug-likeness (QED) is 0.535. The van der Waals surface area contributed by atoms with E-state index >= 15 is 0 Å². The Hall–Kier alpha value is -2.13. The van der Waals surface area contributed by atoms with Crippen molar-refractivity contribution in [1.29, 1.82) is 0 Å². The van der Waals surface area contributed by atoms with E-state index in [4.69, 9.17) is 15.2 Å². The summed E-state index contributed by atoms with van der Waals surface area (Å²) in [7, 11) is -4.15. The highest BCUT2D eigenvalue weighted by Crippen LogP contribution is 2.21. The number of anilines is 1. The Morgan fingerprint density at radius 3 is 1.96 bits per heavy atom. The molecule has 0 heterocycles. The minimum absolute atomic E-state index is 0.0187. The van der Waals surface area contributed by atoms with Crippen LogP contribution >= 0.6 is 0 Å². The van der Waals surface area contributed by atoms with Gasteiger partial charge in [-0.25, -0.2) is 8.42 Å². The van der Waals surface area contributed by atoms with E-state index in [0.717, 1.165) is 0 Å². The number of hydrogen-bond donors (Lipinski definition) is 1. The molecule has 0 bridgehead atoms. The van der Waals surface area contributed by atoms with Crippen molar-refractivity contribution in [2.24, 2.45) is 0 Å². The predicted molar refractivity (Wildman–Crippen MR) is 82.9 cm³/mol. The Balaban J connectivity index is 3.13. The number of benzene rings is 1. The normalized spacial score (nSPS) is 11.3. The summed E-state index contributed by atoms with van der Waals surface area (Å²) in [5.41, 5.74) is 5.70. The van der Waals surface area contributed by atoms with E-state index in [1.54, 1.807) is 19.9 Å². The molecule has 128 valence electrons. The van der Waals surface area contributed by atoms with Crippen LogP contribution in [0.5, 0.6) is 0 Å². The summed E-state index contributed by atoms with van der Waals surface area (Å²) in [5.74, 6) is -1.54. The molecule has 1 aromatic carbocycles. The molecule has 0 radical (unpaired) electrons. The molecule has 0 saturated carbocycles. The molecular formula is C14H20N2O6S. The molecule has 0 unspecified atom stereocenters. The van der Waals surface area contributed by atoms with E-state index in [2.05, 4.69) is 0 Å². The molecule has 2 N–H and O–H groups in total. The molecule has 0 saturated heterocycles. The molecule has 0 fully saturated rings. The average Bonchev–Trinajstić information content (AvgIpc) is 2.47. The highest BCUT2D eigenvalue weighted by Gasteiger charge is 2.31. The van der Waals surface area contributed by atoms with Gasteiger partial charge in [0.15, 0.2) is 0 Å². The first kappa shape index (κ1) is 18.9. The minimum Gasteiger partial charge on any atom is -0.465 e. The number of carbonyl (C=O) groups is 2. The number of sulfonamides is 1. The number of para-hydroxylation sites is 1. The fourth-order valence-electron chi connectivity index (χ4n) is 1.78. The lowest BCUT2D eigenvalue weighted by Crippen LogP contribution is -2.40. The molecule has 0 aliphatic carbocycles. The second-order valence-corrected chi connectivity index (χ2v) is 6.33. The lowest BCUT2D eigenvalue weighted by molar-refractivity contribution is -0.146. The zero-order chi connectivity index (χ0) is 17.5. The van der Waals surface area contributed by atoms with Gasteiger partial charge in [0.1, 0.15) is 18.0 Å². The molecule has 0 spiro atoms. The van der Waals surface area contributed by atoms with Crippen LogP contribution in [0.2, 0.25) is 0 Å². The van der Waals surface area contributed by atoms with E-state index in [0.29, 0.717) is 4.31 Å². The molecule has 1 rings (SSSR count). The van der Waals surface area contributed by atoms with Crippen LogP contribution < -0.4 is 5.73 Å². The van der Waals surface area contributed by atoms with Crippen molar-refractivity contribution in [1.82, 2.24) is 4.31 Å². The van der Waals surface area contributed by atoms with Crippen molar-refractivity contribution in [2.45, 2.75) is 18.7 Å². The molecule has 9 heteroatoms. The molecule has 1 aromatic rings. The number of rotatable bonds is 8. The van der Waals surface area contributed by atoms with Gasteiger partial charge in [-0.2, -0.15) is 4.31 Å². The van der Waals surface area contributed by atoms with E-state index in [1.807, 2.05) is 0 Å². The van der Waals surface area contributed by atoms with Crippen LogP contribution in [-0.4, -0.2) is 51.0 Å². The third-order valence-electron chi connectivity index (χ3n) is 2.76. The molecule has 23 heavy (non-hydrogen) atoms. The van der Waals surface area contributed by atoms with Crippen LogP contribution in [0.4, 0.5) is 5.69 Å². The van der Waals surface area contributed by atoms with Crippen LogP contribution in [0.25, 0.3) is 0 Å². The van der Waals surface area contributed by atoms with Crippen molar-refractivity contribution in [3.63, 3.8) is 0 Å². The van der Waals surface area contributed by atoms with Gasteiger partial charge >= 0.3 is 11.9 Å². The zero-order valence-corrected chi connectivity index (χ0v) is 13.8. The summed E-state index contributed by atoms with van der Waals surface area (Å²) < 4.78 is 35.5. The molecular weight excluding hydrogens is 324 g/mol. The van der Waals surface area contributed by atoms with Gasteiger partial charge in [0.2, 0.25) is 10.0 Å². The van der Waals surface area contributed by atoms with Crippen LogP contribution in [0.3, 0.4) is 0 Å². The van der Waals surface area contributed by atoms with Crippen molar-refractivity contribution in [3.05, 3.63) is 24.3 Å². The van der Waals surface area contributed by atoms with Crippen molar-refractivity contribution in [2.75, 3.05) is 32.0 Å². The summed E-state index contributed by atoms with van der Waals surface area (Å²) in [6, 6.07) is 5.79. The Bertz CT molecular complexity index is 639. The van der Waals surface area contributed by atoms with Crippen molar-refractivity contribution >= 4 is 27.6 Å². The summed E-state index contributed by atoms with van der Waals surface area (Å²) >= 11 is 0. The molecule has 0 aromatic heterocycles. The first-order valence-corrected chi connectivity index (χ1v) is 8.42. The number of carbonyl (C=O) groups excluding carboxylic acids is 2. The number of nitrogens with zero attached hydrogens (tertiary/aromatic N) is 1. The van der Waals surface area contributed by atoms with Gasteiger partial charge in [0, 0.05) is 0 Å². The summed E-state index contributed by atoms with van der Waals surface area (Å²) in [5, 5.41) is 0. The SMILES string of the molecule is CCOC(=O)CN(CC(=O)OCC)S(=O)(=O)c1ccccc1N. The number of esters is 2. The third-order valence-corrected chi connectivity index (χ3v) is 4.62. The van der Waals surface area contributed by atoms with Crippen molar-refractivity contribution in [3.8, 4) is 0 Å². The topological polar surface area (TPSA) is 116 Å². The first-order chi connectivity index (χ1) is 10.8. The first-order valence-electron chi connectivity index (χ1n) is 6.98. The highest BCUT2D eigenvalue weighted by molar-refractivity contribution is 7.89. The Morgan fingerprint density at radius 1 is 1.04 bits per heavy atom. The van der Waals surface area contributed by atoms with Crippen molar-refractivity contribution < 1.29 is 27.5 Å². The van der Waals surface area contributed by atoms with E-state index in [-0.39, 0.29) is 23.8 Å². The highest BCUT2D eigenvalue weighted by atomic mass is 32.2. The zero-order valence-electron chi connectivity index (χ0n) is 13.0. The average molecular weight is 344 g/mol. The Labute approximate surface area is 135 Å². The van der Waals surface area contributed by atoms with Gasteiger partial charge < -0.3 is 15.2 Å². The van der Waals surface area contributed by atoms with Gasteiger partial charge in [-0.05, 0) is 26.0 Å². The van der Waals surface area contributed by atoms with Gasteiger partial charge in [-0.1, -0.05) is 12.1 Å². The standard InChI is InChI=1S/C14H20N2O6S/c1-3-21-13(17)9-16(10-14(18)22-4-2)23(19,20)12-8-6-5-7-11(12)15/h5-8H,3-4,9-10,15H2,1-2H3. The van der Waals surface area contributed by atoms with E-state index in [9.17, 15) is 18.0 Å². The fraction of sp³-hybridized carbons (Fsp3) is 0.429. The number of hydrogen-bond acceptors (Lipinski definition) is 7. The number of nitrogens with two attached hydrogens (primary N) is 1.